The predicted molar refractivity (Wildman–Crippen MR) is 79.0 cm³/mol. The normalized spacial score (nSPS) is 18.9. The molecule has 2 aromatic rings. The van der Waals surface area contributed by atoms with Crippen molar-refractivity contribution in [3.63, 3.8) is 0 Å². The molecule has 0 spiro atoms. The first kappa shape index (κ1) is 14.7. The highest BCUT2D eigenvalue weighted by Gasteiger charge is 2.26. The smallest absolute Gasteiger partial charge is 0.244 e. The number of carbonyl (C=O) groups excluding carboxylic acids is 1. The minimum Gasteiger partial charge on any atom is -0.339 e. The van der Waals surface area contributed by atoms with Crippen molar-refractivity contribution in [1.29, 1.82) is 0 Å². The van der Waals surface area contributed by atoms with Crippen LogP contribution in [-0.2, 0) is 11.3 Å². The Morgan fingerprint density at radius 3 is 3.05 bits per heavy atom. The van der Waals surface area contributed by atoms with Crippen molar-refractivity contribution < 1.29 is 4.79 Å². The van der Waals surface area contributed by atoms with Gasteiger partial charge in [-0.05, 0) is 23.3 Å². The van der Waals surface area contributed by atoms with Crippen LogP contribution in [0.2, 0.25) is 0 Å². The molecule has 0 saturated carbocycles. The minimum atomic E-state index is 0.0585. The summed E-state index contributed by atoms with van der Waals surface area (Å²) in [5, 5.41) is 10.9. The Morgan fingerprint density at radius 1 is 1.45 bits per heavy atom. The first-order valence-electron chi connectivity index (χ1n) is 7.66. The van der Waals surface area contributed by atoms with Gasteiger partial charge in [-0.15, -0.1) is 5.10 Å². The molecule has 2 aromatic heterocycles. The van der Waals surface area contributed by atoms with E-state index in [9.17, 15) is 4.79 Å². The first-order chi connectivity index (χ1) is 10.6. The lowest BCUT2D eigenvalue weighted by molar-refractivity contribution is -0.133. The molecule has 22 heavy (non-hydrogen) atoms. The Bertz CT molecular complexity index is 619. The van der Waals surface area contributed by atoms with Gasteiger partial charge in [-0.1, -0.05) is 13.8 Å². The van der Waals surface area contributed by atoms with Crippen LogP contribution in [0.5, 0.6) is 0 Å². The quantitative estimate of drug-likeness (QED) is 0.836. The zero-order chi connectivity index (χ0) is 15.5. The van der Waals surface area contributed by atoms with Gasteiger partial charge in [0.25, 0.3) is 0 Å². The fourth-order valence-electron chi connectivity index (χ4n) is 2.98. The molecule has 0 bridgehead atoms. The Hall–Kier alpha value is -2.25. The molecule has 8 nitrogen and oxygen atoms in total. The topological polar surface area (TPSA) is 81.7 Å². The first-order valence-corrected chi connectivity index (χ1v) is 7.66. The maximum Gasteiger partial charge on any atom is 0.244 e. The molecule has 3 rings (SSSR count). The number of likely N-dealkylation sites (tertiary alicyclic amines) is 1. The van der Waals surface area contributed by atoms with E-state index in [0.717, 1.165) is 31.8 Å². The highest BCUT2D eigenvalue weighted by Crippen LogP contribution is 2.25. The van der Waals surface area contributed by atoms with Gasteiger partial charge in [0, 0.05) is 31.4 Å². The fraction of sp³-hybridized carbons (Fsp3) is 0.643. The summed E-state index contributed by atoms with van der Waals surface area (Å²) in [4.78, 5) is 18.7. The van der Waals surface area contributed by atoms with Crippen molar-refractivity contribution >= 4 is 5.91 Å². The third-order valence-corrected chi connectivity index (χ3v) is 4.05. The van der Waals surface area contributed by atoms with Crippen LogP contribution in [0.1, 0.15) is 44.5 Å². The van der Waals surface area contributed by atoms with Gasteiger partial charge >= 0.3 is 0 Å². The number of imidazole rings is 1. The molecular weight excluding hydrogens is 282 g/mol. The Labute approximate surface area is 129 Å². The van der Waals surface area contributed by atoms with Crippen LogP contribution in [0, 0.1) is 0 Å². The summed E-state index contributed by atoms with van der Waals surface area (Å²) in [6, 6.07) is 0.298. The van der Waals surface area contributed by atoms with Crippen molar-refractivity contribution in [2.24, 2.45) is 0 Å². The van der Waals surface area contributed by atoms with Crippen molar-refractivity contribution in [1.82, 2.24) is 34.7 Å². The molecule has 1 amide bonds. The fourth-order valence-corrected chi connectivity index (χ4v) is 2.98. The summed E-state index contributed by atoms with van der Waals surface area (Å²) in [6.07, 6.45) is 7.41. The third kappa shape index (κ3) is 3.00. The third-order valence-electron chi connectivity index (χ3n) is 4.05. The molecule has 3 heterocycles. The molecular formula is C14H21N7O. The maximum atomic E-state index is 12.4. The molecule has 1 aliphatic rings. The van der Waals surface area contributed by atoms with Crippen LogP contribution in [0.25, 0.3) is 0 Å². The molecule has 1 saturated heterocycles. The Morgan fingerprint density at radius 2 is 2.32 bits per heavy atom. The van der Waals surface area contributed by atoms with Gasteiger partial charge in [0.05, 0.1) is 6.04 Å². The van der Waals surface area contributed by atoms with E-state index < -0.39 is 0 Å². The second-order valence-electron chi connectivity index (χ2n) is 5.99. The van der Waals surface area contributed by atoms with Gasteiger partial charge in [0.1, 0.15) is 18.7 Å². The molecule has 0 radical (unpaired) electrons. The monoisotopic (exact) mass is 303 g/mol. The van der Waals surface area contributed by atoms with E-state index in [-0.39, 0.29) is 12.5 Å². The van der Waals surface area contributed by atoms with E-state index in [1.807, 2.05) is 17.3 Å². The number of amides is 1. The minimum absolute atomic E-state index is 0.0585. The van der Waals surface area contributed by atoms with Gasteiger partial charge in [-0.3, -0.25) is 4.79 Å². The zero-order valence-electron chi connectivity index (χ0n) is 13.0. The second-order valence-corrected chi connectivity index (χ2v) is 5.99. The summed E-state index contributed by atoms with van der Waals surface area (Å²) >= 11 is 0. The number of rotatable bonds is 4. The van der Waals surface area contributed by atoms with Crippen molar-refractivity contribution in [2.45, 2.75) is 45.2 Å². The molecule has 0 aliphatic carbocycles. The maximum absolute atomic E-state index is 12.4. The van der Waals surface area contributed by atoms with Crippen LogP contribution < -0.4 is 0 Å². The number of hydrogen-bond acceptors (Lipinski definition) is 5. The summed E-state index contributed by atoms with van der Waals surface area (Å²) in [5.74, 6) is 1.52. The van der Waals surface area contributed by atoms with Crippen LogP contribution in [0.3, 0.4) is 0 Å². The molecule has 0 N–H and O–H groups in total. The highest BCUT2D eigenvalue weighted by atomic mass is 16.2. The molecule has 1 aliphatic heterocycles. The van der Waals surface area contributed by atoms with Gasteiger partial charge in [-0.2, -0.15) is 0 Å². The summed E-state index contributed by atoms with van der Waals surface area (Å²) < 4.78 is 3.68. The van der Waals surface area contributed by atoms with E-state index in [1.165, 1.54) is 11.0 Å². The lowest BCUT2D eigenvalue weighted by atomic mass is 10.0. The van der Waals surface area contributed by atoms with E-state index >= 15 is 0 Å². The molecule has 8 heteroatoms. The average Bonchev–Trinajstić information content (AvgIpc) is 3.18. The highest BCUT2D eigenvalue weighted by molar-refractivity contribution is 5.76. The largest absolute Gasteiger partial charge is 0.339 e. The van der Waals surface area contributed by atoms with Crippen LogP contribution in [0.15, 0.2) is 18.7 Å². The Balaban J connectivity index is 1.68. The summed E-state index contributed by atoms with van der Waals surface area (Å²) in [5.41, 5.74) is 0. The van der Waals surface area contributed by atoms with Gasteiger partial charge in [0.2, 0.25) is 5.91 Å². The summed E-state index contributed by atoms with van der Waals surface area (Å²) in [6.45, 7) is 5.99. The molecule has 0 unspecified atom stereocenters. The van der Waals surface area contributed by atoms with E-state index in [4.69, 9.17) is 0 Å². The van der Waals surface area contributed by atoms with Crippen molar-refractivity contribution in [3.05, 3.63) is 24.5 Å². The number of tetrazole rings is 1. The number of aromatic nitrogens is 6. The van der Waals surface area contributed by atoms with Crippen molar-refractivity contribution in [3.8, 4) is 0 Å². The van der Waals surface area contributed by atoms with E-state index in [2.05, 4.69) is 38.9 Å². The summed E-state index contributed by atoms with van der Waals surface area (Å²) in [7, 11) is 0. The average molecular weight is 303 g/mol. The van der Waals surface area contributed by atoms with Crippen LogP contribution in [0.4, 0.5) is 0 Å². The van der Waals surface area contributed by atoms with E-state index in [1.54, 1.807) is 0 Å². The Kier molecular flexibility index (Phi) is 4.17. The standard InChI is InChI=1S/C14H21N7O/c1-11(2)14-15-5-7-21(14)12-4-3-6-19(8-12)13(22)9-20-10-16-17-18-20/h5,7,10-12H,3-4,6,8-9H2,1-2H3/t12-/m1/s1. The van der Waals surface area contributed by atoms with Crippen LogP contribution >= 0.6 is 0 Å². The number of nitrogens with zero attached hydrogens (tertiary/aromatic N) is 7. The predicted octanol–water partition coefficient (Wildman–Crippen LogP) is 0.857. The van der Waals surface area contributed by atoms with Gasteiger partial charge < -0.3 is 9.47 Å². The number of hydrogen-bond donors (Lipinski definition) is 0. The van der Waals surface area contributed by atoms with Gasteiger partial charge in [-0.25, -0.2) is 9.67 Å². The molecule has 0 aromatic carbocycles. The SMILES string of the molecule is CC(C)c1nccn1[C@@H]1CCCN(C(=O)Cn2cnnn2)C1. The second kappa shape index (κ2) is 6.25. The lowest BCUT2D eigenvalue weighted by Gasteiger charge is -2.34. The molecule has 1 fully saturated rings. The zero-order valence-corrected chi connectivity index (χ0v) is 13.0. The van der Waals surface area contributed by atoms with E-state index in [0.29, 0.717) is 12.0 Å². The number of piperidine rings is 1. The lowest BCUT2D eigenvalue weighted by Crippen LogP contribution is -2.42. The van der Waals surface area contributed by atoms with Gasteiger partial charge in [0.15, 0.2) is 0 Å². The van der Waals surface area contributed by atoms with Crippen LogP contribution in [-0.4, -0.2) is 53.7 Å². The van der Waals surface area contributed by atoms with Crippen molar-refractivity contribution in [2.75, 3.05) is 13.1 Å². The molecule has 118 valence electrons. The number of carbonyl (C=O) groups is 1. The molecule has 1 atom stereocenters.